The van der Waals surface area contributed by atoms with E-state index in [0.717, 1.165) is 18.9 Å². The Morgan fingerprint density at radius 3 is 2.77 bits per heavy atom. The van der Waals surface area contributed by atoms with Crippen molar-refractivity contribution in [3.63, 3.8) is 0 Å². The standard InChI is InChI=1S/C21H23F2N5O3/c22-17-6-11-5-14-18(29)15(20(30)31)10-28(13-1-2-13)19(14)26-16(11)7-21(17,23)27-8-12(9-27)25-4-3-24/h5-6,10,12-13,25H,1-4,7-9,24H2,(H,30,31). The van der Waals surface area contributed by atoms with Crippen molar-refractivity contribution in [2.75, 3.05) is 26.2 Å². The quantitative estimate of drug-likeness (QED) is 0.589. The molecule has 31 heavy (non-hydrogen) atoms. The topological polar surface area (TPSA) is 113 Å². The predicted molar refractivity (Wildman–Crippen MR) is 110 cm³/mol. The lowest BCUT2D eigenvalue weighted by Gasteiger charge is -2.48. The van der Waals surface area contributed by atoms with Gasteiger partial charge in [-0.1, -0.05) is 0 Å². The Morgan fingerprint density at radius 1 is 1.39 bits per heavy atom. The fourth-order valence-corrected chi connectivity index (χ4v) is 4.37. The summed E-state index contributed by atoms with van der Waals surface area (Å²) in [5.74, 6) is -4.55. The van der Waals surface area contributed by atoms with Crippen LogP contribution in [-0.2, 0) is 6.42 Å². The molecular formula is C21H23F2N5O3. The van der Waals surface area contributed by atoms with E-state index in [9.17, 15) is 19.1 Å². The Labute approximate surface area is 176 Å². The lowest BCUT2D eigenvalue weighted by Crippen LogP contribution is -2.66. The minimum Gasteiger partial charge on any atom is -0.477 e. The van der Waals surface area contributed by atoms with E-state index in [1.807, 2.05) is 0 Å². The van der Waals surface area contributed by atoms with Crippen LogP contribution in [0.15, 0.2) is 22.9 Å². The summed E-state index contributed by atoms with van der Waals surface area (Å²) in [6, 6.07) is 1.55. The zero-order valence-corrected chi connectivity index (χ0v) is 16.8. The smallest absolute Gasteiger partial charge is 0.341 e. The lowest BCUT2D eigenvalue weighted by molar-refractivity contribution is -0.0744. The Balaban J connectivity index is 1.54. The van der Waals surface area contributed by atoms with Crippen LogP contribution in [0.4, 0.5) is 8.78 Å². The van der Waals surface area contributed by atoms with Gasteiger partial charge in [-0.3, -0.25) is 9.69 Å². The third-order valence-electron chi connectivity index (χ3n) is 6.30. The number of hydrogen-bond acceptors (Lipinski definition) is 6. The molecule has 1 saturated carbocycles. The molecule has 8 nitrogen and oxygen atoms in total. The van der Waals surface area contributed by atoms with Gasteiger partial charge in [-0.25, -0.2) is 18.6 Å². The maximum absolute atomic E-state index is 15.8. The first-order valence-corrected chi connectivity index (χ1v) is 10.4. The summed E-state index contributed by atoms with van der Waals surface area (Å²) in [6.45, 7) is 1.80. The van der Waals surface area contributed by atoms with E-state index in [-0.39, 0.29) is 29.5 Å². The van der Waals surface area contributed by atoms with Crippen molar-refractivity contribution in [3.8, 4) is 0 Å². The van der Waals surface area contributed by atoms with Gasteiger partial charge in [0.05, 0.1) is 11.1 Å². The van der Waals surface area contributed by atoms with Gasteiger partial charge in [0.25, 0.3) is 0 Å². The minimum absolute atomic E-state index is 0.0579. The molecule has 0 radical (unpaired) electrons. The van der Waals surface area contributed by atoms with Crippen LogP contribution in [0.5, 0.6) is 0 Å². The predicted octanol–water partition coefficient (Wildman–Crippen LogP) is 1.19. The maximum Gasteiger partial charge on any atom is 0.341 e. The van der Waals surface area contributed by atoms with Gasteiger partial charge < -0.3 is 20.7 Å². The molecule has 2 aromatic heterocycles. The first kappa shape index (κ1) is 20.2. The Kier molecular flexibility index (Phi) is 4.68. The second-order valence-corrected chi connectivity index (χ2v) is 8.48. The van der Waals surface area contributed by atoms with Crippen molar-refractivity contribution < 1.29 is 18.7 Å². The van der Waals surface area contributed by atoms with Crippen LogP contribution in [0, 0.1) is 0 Å². The second kappa shape index (κ2) is 7.18. The van der Waals surface area contributed by atoms with Crippen molar-refractivity contribution in [2.45, 2.75) is 37.1 Å². The summed E-state index contributed by atoms with van der Waals surface area (Å²) in [6.07, 6.45) is 3.81. The van der Waals surface area contributed by atoms with Crippen LogP contribution < -0.4 is 16.5 Å². The molecule has 3 heterocycles. The molecule has 5 rings (SSSR count). The molecule has 10 heteroatoms. The number of nitrogens with two attached hydrogens (primary N) is 1. The van der Waals surface area contributed by atoms with Crippen LogP contribution in [0.2, 0.25) is 0 Å². The summed E-state index contributed by atoms with van der Waals surface area (Å²) >= 11 is 0. The lowest BCUT2D eigenvalue weighted by atomic mass is 9.90. The van der Waals surface area contributed by atoms with E-state index < -0.39 is 23.0 Å². The summed E-state index contributed by atoms with van der Waals surface area (Å²) in [5, 5.41) is 12.7. The molecule has 4 N–H and O–H groups in total. The molecule has 1 aliphatic heterocycles. The van der Waals surface area contributed by atoms with Gasteiger partial charge in [0.1, 0.15) is 11.2 Å². The zero-order valence-electron chi connectivity index (χ0n) is 16.8. The highest BCUT2D eigenvalue weighted by atomic mass is 19.2. The molecule has 2 aromatic rings. The van der Waals surface area contributed by atoms with Gasteiger partial charge >= 0.3 is 5.97 Å². The van der Waals surface area contributed by atoms with E-state index in [0.29, 0.717) is 43.1 Å². The van der Waals surface area contributed by atoms with E-state index in [2.05, 4.69) is 10.3 Å². The van der Waals surface area contributed by atoms with E-state index in [1.54, 1.807) is 4.57 Å². The molecule has 3 aliphatic rings. The number of carboxylic acids is 1. The van der Waals surface area contributed by atoms with Crippen molar-refractivity contribution in [3.05, 3.63) is 45.1 Å². The molecule has 0 spiro atoms. The van der Waals surface area contributed by atoms with Crippen LogP contribution in [0.25, 0.3) is 17.1 Å². The highest BCUT2D eigenvalue weighted by Gasteiger charge is 2.50. The number of halogens is 2. The van der Waals surface area contributed by atoms with Crippen molar-refractivity contribution in [2.24, 2.45) is 5.73 Å². The fourth-order valence-electron chi connectivity index (χ4n) is 4.37. The third-order valence-corrected chi connectivity index (χ3v) is 6.30. The van der Waals surface area contributed by atoms with Gasteiger partial charge in [0.2, 0.25) is 11.2 Å². The Morgan fingerprint density at radius 2 is 2.13 bits per heavy atom. The second-order valence-electron chi connectivity index (χ2n) is 8.48. The van der Waals surface area contributed by atoms with Gasteiger partial charge in [-0.05, 0) is 30.5 Å². The number of likely N-dealkylation sites (tertiary alicyclic amines) is 1. The molecule has 0 aromatic carbocycles. The van der Waals surface area contributed by atoms with Gasteiger partial charge in [-0.15, -0.1) is 0 Å². The number of hydrogen-bond donors (Lipinski definition) is 3. The van der Waals surface area contributed by atoms with E-state index in [1.165, 1.54) is 17.2 Å². The van der Waals surface area contributed by atoms with Gasteiger partial charge in [-0.2, -0.15) is 0 Å². The molecule has 2 aliphatic carbocycles. The number of nitrogens with one attached hydrogen (secondary N) is 1. The number of rotatable bonds is 6. The number of pyridine rings is 2. The van der Waals surface area contributed by atoms with Crippen LogP contribution in [0.3, 0.4) is 0 Å². The fraction of sp³-hybridized carbons (Fsp3) is 0.476. The summed E-state index contributed by atoms with van der Waals surface area (Å²) in [7, 11) is 0. The molecule has 1 unspecified atom stereocenters. The molecule has 1 atom stereocenters. The summed E-state index contributed by atoms with van der Waals surface area (Å²) in [4.78, 5) is 30.2. The zero-order chi connectivity index (χ0) is 21.9. The van der Waals surface area contributed by atoms with E-state index >= 15 is 4.39 Å². The molecule has 0 amide bonds. The van der Waals surface area contributed by atoms with Crippen molar-refractivity contribution >= 4 is 23.1 Å². The molecule has 2 fully saturated rings. The number of nitrogens with zero attached hydrogens (tertiary/aromatic N) is 3. The SMILES string of the molecule is NCCNC1CN(C2(F)Cc3nc4c(cc3C=C2F)c(=O)c(C(=O)O)cn4C2CC2)C1. The largest absolute Gasteiger partial charge is 0.477 e. The number of aromatic nitrogens is 2. The highest BCUT2D eigenvalue weighted by Crippen LogP contribution is 2.41. The van der Waals surface area contributed by atoms with E-state index in [4.69, 9.17) is 5.73 Å². The van der Waals surface area contributed by atoms with Crippen LogP contribution in [0.1, 0.15) is 40.5 Å². The van der Waals surface area contributed by atoms with Gasteiger partial charge in [0, 0.05) is 50.9 Å². The Bertz CT molecular complexity index is 1170. The average molecular weight is 431 g/mol. The highest BCUT2D eigenvalue weighted by molar-refractivity contribution is 5.92. The van der Waals surface area contributed by atoms with Gasteiger partial charge in [0.15, 0.2) is 5.83 Å². The minimum atomic E-state index is -2.29. The summed E-state index contributed by atoms with van der Waals surface area (Å²) in [5.41, 5.74) is 5.43. The number of fused-ring (bicyclic) bond motifs is 2. The maximum atomic E-state index is 15.8. The Hall–Kier alpha value is -2.69. The summed E-state index contributed by atoms with van der Waals surface area (Å²) < 4.78 is 32.3. The number of carboxylic acid groups (broad SMARTS) is 1. The molecule has 164 valence electrons. The third kappa shape index (κ3) is 3.26. The number of carbonyl (C=O) groups is 1. The van der Waals surface area contributed by atoms with Crippen molar-refractivity contribution in [1.29, 1.82) is 0 Å². The first-order valence-electron chi connectivity index (χ1n) is 10.4. The molecular weight excluding hydrogens is 408 g/mol. The van der Waals surface area contributed by atoms with Crippen LogP contribution >= 0.6 is 0 Å². The molecule has 1 saturated heterocycles. The van der Waals surface area contributed by atoms with Crippen molar-refractivity contribution in [1.82, 2.24) is 19.8 Å². The van der Waals surface area contributed by atoms with Crippen LogP contribution in [-0.4, -0.2) is 63.5 Å². The average Bonchev–Trinajstić information content (AvgIpc) is 3.52. The monoisotopic (exact) mass is 431 g/mol. The number of alkyl halides is 1. The normalized spacial score (nSPS) is 24.0. The first-order chi connectivity index (χ1) is 14.8. The number of aromatic carboxylic acids is 1. The molecule has 0 bridgehead atoms.